The van der Waals surface area contributed by atoms with E-state index < -0.39 is 0 Å². The van der Waals surface area contributed by atoms with Crippen LogP contribution in [-0.2, 0) is 0 Å². The average Bonchev–Trinajstić information content (AvgIpc) is 3.10. The van der Waals surface area contributed by atoms with Gasteiger partial charge in [-0.15, -0.1) is 0 Å². The van der Waals surface area contributed by atoms with Gasteiger partial charge in [0.15, 0.2) is 11.5 Å². The quantitative estimate of drug-likeness (QED) is 0.864. The number of carbonyl (C=O) groups excluding carboxylic acids is 1. The molecule has 1 fully saturated rings. The Morgan fingerprint density at radius 2 is 1.83 bits per heavy atom. The molecule has 2 aromatic rings. The van der Waals surface area contributed by atoms with Crippen LogP contribution in [0.2, 0.25) is 0 Å². The summed E-state index contributed by atoms with van der Waals surface area (Å²) in [6.07, 6.45) is 2.00. The molecule has 1 atom stereocenters. The van der Waals surface area contributed by atoms with Crippen molar-refractivity contribution in [1.82, 2.24) is 4.90 Å². The van der Waals surface area contributed by atoms with Gasteiger partial charge in [-0.25, -0.2) is 0 Å². The third-order valence-electron chi connectivity index (χ3n) is 4.33. The Balaban J connectivity index is 1.94. The second-order valence-electron chi connectivity index (χ2n) is 5.61. The van der Waals surface area contributed by atoms with Crippen LogP contribution in [0.5, 0.6) is 11.5 Å². The molecule has 0 aliphatic carbocycles. The number of carbonyl (C=O) groups is 1. The van der Waals surface area contributed by atoms with Crippen molar-refractivity contribution >= 4 is 5.91 Å². The van der Waals surface area contributed by atoms with Gasteiger partial charge in [0, 0.05) is 6.54 Å². The summed E-state index contributed by atoms with van der Waals surface area (Å²) in [6, 6.07) is 15.7. The lowest BCUT2D eigenvalue weighted by Crippen LogP contribution is -2.30. The Morgan fingerprint density at radius 3 is 2.52 bits per heavy atom. The molecule has 1 amide bonds. The molecule has 0 radical (unpaired) electrons. The molecule has 1 heterocycles. The maximum Gasteiger partial charge on any atom is 0.258 e. The normalized spacial score (nSPS) is 17.1. The number of para-hydroxylation sites is 1. The predicted octanol–water partition coefficient (Wildman–Crippen LogP) is 3.68. The predicted molar refractivity (Wildman–Crippen MR) is 89.0 cm³/mol. The molecule has 120 valence electrons. The molecule has 1 aliphatic heterocycles. The summed E-state index contributed by atoms with van der Waals surface area (Å²) in [4.78, 5) is 15.0. The summed E-state index contributed by atoms with van der Waals surface area (Å²) in [7, 11) is 3.14. The number of hydrogen-bond donors (Lipinski definition) is 0. The maximum atomic E-state index is 13.1. The zero-order chi connectivity index (χ0) is 16.2. The Morgan fingerprint density at radius 1 is 1.04 bits per heavy atom. The fourth-order valence-electron chi connectivity index (χ4n) is 3.24. The van der Waals surface area contributed by atoms with Crippen LogP contribution in [-0.4, -0.2) is 31.6 Å². The van der Waals surface area contributed by atoms with Gasteiger partial charge in [0.2, 0.25) is 0 Å². The van der Waals surface area contributed by atoms with Gasteiger partial charge in [-0.1, -0.05) is 36.4 Å². The summed E-state index contributed by atoms with van der Waals surface area (Å²) in [5.74, 6) is 1.07. The van der Waals surface area contributed by atoms with E-state index in [1.165, 1.54) is 5.56 Å². The lowest BCUT2D eigenvalue weighted by atomic mass is 10.0. The second kappa shape index (κ2) is 6.73. The first-order valence-corrected chi connectivity index (χ1v) is 7.83. The molecule has 0 N–H and O–H groups in total. The van der Waals surface area contributed by atoms with Crippen molar-refractivity contribution in [3.8, 4) is 11.5 Å². The van der Waals surface area contributed by atoms with Crippen LogP contribution in [0.15, 0.2) is 48.5 Å². The Labute approximate surface area is 136 Å². The molecular formula is C19H21NO3. The molecule has 0 aromatic heterocycles. The first kappa shape index (κ1) is 15.4. The molecule has 23 heavy (non-hydrogen) atoms. The topological polar surface area (TPSA) is 38.8 Å². The Kier molecular flexibility index (Phi) is 4.51. The summed E-state index contributed by atoms with van der Waals surface area (Å²) in [5.41, 5.74) is 1.73. The monoisotopic (exact) mass is 311 g/mol. The van der Waals surface area contributed by atoms with Crippen molar-refractivity contribution < 1.29 is 14.3 Å². The highest BCUT2D eigenvalue weighted by Gasteiger charge is 2.32. The van der Waals surface area contributed by atoms with Crippen molar-refractivity contribution in [2.24, 2.45) is 0 Å². The first-order valence-electron chi connectivity index (χ1n) is 7.83. The maximum absolute atomic E-state index is 13.1. The minimum absolute atomic E-state index is 0.00731. The SMILES string of the molecule is COc1cccc(C(=O)N2CCCC2c2ccccc2)c1OC. The van der Waals surface area contributed by atoms with Crippen molar-refractivity contribution in [2.75, 3.05) is 20.8 Å². The van der Waals surface area contributed by atoms with E-state index in [0.717, 1.165) is 19.4 Å². The zero-order valence-electron chi connectivity index (χ0n) is 13.5. The fraction of sp³-hybridized carbons (Fsp3) is 0.316. The molecule has 1 unspecified atom stereocenters. The third kappa shape index (κ3) is 2.89. The molecule has 0 saturated carbocycles. The van der Waals surface area contributed by atoms with Crippen LogP contribution in [0.1, 0.15) is 34.8 Å². The molecule has 4 nitrogen and oxygen atoms in total. The van der Waals surface area contributed by atoms with E-state index >= 15 is 0 Å². The van der Waals surface area contributed by atoms with E-state index in [4.69, 9.17) is 9.47 Å². The smallest absolute Gasteiger partial charge is 0.258 e. The van der Waals surface area contributed by atoms with Crippen molar-refractivity contribution in [2.45, 2.75) is 18.9 Å². The highest BCUT2D eigenvalue weighted by Crippen LogP contribution is 2.37. The van der Waals surface area contributed by atoms with Gasteiger partial charge in [-0.05, 0) is 30.5 Å². The molecule has 2 aromatic carbocycles. The average molecular weight is 311 g/mol. The van der Waals surface area contributed by atoms with E-state index in [1.807, 2.05) is 29.2 Å². The van der Waals surface area contributed by atoms with Gasteiger partial charge < -0.3 is 14.4 Å². The lowest BCUT2D eigenvalue weighted by Gasteiger charge is -2.26. The molecular weight excluding hydrogens is 290 g/mol. The molecule has 1 saturated heterocycles. The van der Waals surface area contributed by atoms with E-state index in [0.29, 0.717) is 17.1 Å². The van der Waals surface area contributed by atoms with E-state index in [2.05, 4.69) is 12.1 Å². The summed E-state index contributed by atoms with van der Waals surface area (Å²) < 4.78 is 10.7. The first-order chi connectivity index (χ1) is 11.3. The van der Waals surface area contributed by atoms with Crippen LogP contribution < -0.4 is 9.47 Å². The van der Waals surface area contributed by atoms with Crippen molar-refractivity contribution in [3.05, 3.63) is 59.7 Å². The van der Waals surface area contributed by atoms with Crippen molar-refractivity contribution in [3.63, 3.8) is 0 Å². The van der Waals surface area contributed by atoms with Gasteiger partial charge in [0.1, 0.15) is 0 Å². The van der Waals surface area contributed by atoms with Gasteiger partial charge >= 0.3 is 0 Å². The van der Waals surface area contributed by atoms with Crippen molar-refractivity contribution in [1.29, 1.82) is 0 Å². The summed E-state index contributed by atoms with van der Waals surface area (Å²) in [5, 5.41) is 0. The van der Waals surface area contributed by atoms with Gasteiger partial charge in [0.05, 0.1) is 25.8 Å². The molecule has 0 spiro atoms. The number of amides is 1. The van der Waals surface area contributed by atoms with Crippen LogP contribution >= 0.6 is 0 Å². The van der Waals surface area contributed by atoms with Crippen LogP contribution in [0.4, 0.5) is 0 Å². The zero-order valence-corrected chi connectivity index (χ0v) is 13.5. The highest BCUT2D eigenvalue weighted by atomic mass is 16.5. The van der Waals surface area contributed by atoms with E-state index in [1.54, 1.807) is 26.4 Å². The Hall–Kier alpha value is -2.49. The molecule has 1 aliphatic rings. The largest absolute Gasteiger partial charge is 0.493 e. The number of ether oxygens (including phenoxy) is 2. The van der Waals surface area contributed by atoms with Gasteiger partial charge in [-0.2, -0.15) is 0 Å². The third-order valence-corrected chi connectivity index (χ3v) is 4.33. The van der Waals surface area contributed by atoms with Gasteiger partial charge in [-0.3, -0.25) is 4.79 Å². The van der Waals surface area contributed by atoms with Crippen LogP contribution in [0.3, 0.4) is 0 Å². The number of methoxy groups -OCH3 is 2. The standard InChI is InChI=1S/C19H21NO3/c1-22-17-12-6-10-15(18(17)23-2)19(21)20-13-7-11-16(20)14-8-4-3-5-9-14/h3-6,8-10,12,16H,7,11,13H2,1-2H3. The van der Waals surface area contributed by atoms with E-state index in [-0.39, 0.29) is 11.9 Å². The number of rotatable bonds is 4. The molecule has 3 rings (SSSR count). The number of benzene rings is 2. The number of nitrogens with zero attached hydrogens (tertiary/aromatic N) is 1. The number of likely N-dealkylation sites (tertiary alicyclic amines) is 1. The molecule has 0 bridgehead atoms. The van der Waals surface area contributed by atoms with Crippen LogP contribution in [0, 0.1) is 0 Å². The van der Waals surface area contributed by atoms with Crippen LogP contribution in [0.25, 0.3) is 0 Å². The molecule has 4 heteroatoms. The van der Waals surface area contributed by atoms with Gasteiger partial charge in [0.25, 0.3) is 5.91 Å². The summed E-state index contributed by atoms with van der Waals surface area (Å²) >= 11 is 0. The lowest BCUT2D eigenvalue weighted by molar-refractivity contribution is 0.0731. The minimum Gasteiger partial charge on any atom is -0.493 e. The Bertz CT molecular complexity index is 684. The highest BCUT2D eigenvalue weighted by molar-refractivity contribution is 5.98. The number of hydrogen-bond acceptors (Lipinski definition) is 3. The fourth-order valence-corrected chi connectivity index (χ4v) is 3.24. The van der Waals surface area contributed by atoms with E-state index in [9.17, 15) is 4.79 Å². The summed E-state index contributed by atoms with van der Waals surface area (Å²) in [6.45, 7) is 0.763. The second-order valence-corrected chi connectivity index (χ2v) is 5.61. The minimum atomic E-state index is -0.00731.